The van der Waals surface area contributed by atoms with Crippen LogP contribution in [0.2, 0.25) is 0 Å². The van der Waals surface area contributed by atoms with Crippen LogP contribution in [-0.2, 0) is 6.42 Å². The number of aryl methyl sites for hydroxylation is 1. The maximum absolute atomic E-state index is 11.1. The smallest absolute Gasteiger partial charge is 0.335 e. The van der Waals surface area contributed by atoms with Crippen molar-refractivity contribution >= 4 is 11.7 Å². The molecule has 0 amide bonds. The number of nitrogens with zero attached hydrogens (tertiary/aromatic N) is 2. The van der Waals surface area contributed by atoms with E-state index in [1.165, 1.54) is 0 Å². The molecule has 0 unspecified atom stereocenters. The Kier molecular flexibility index (Phi) is 5.27. The van der Waals surface area contributed by atoms with Crippen LogP contribution in [0.4, 0.5) is 5.69 Å². The molecule has 0 fully saturated rings. The molecular formula is C21H21N3O2. The van der Waals surface area contributed by atoms with Crippen LogP contribution < -0.4 is 5.73 Å². The summed E-state index contributed by atoms with van der Waals surface area (Å²) in [7, 11) is 0. The van der Waals surface area contributed by atoms with Gasteiger partial charge in [-0.1, -0.05) is 37.6 Å². The molecular weight excluding hydrogens is 326 g/mol. The van der Waals surface area contributed by atoms with Crippen LogP contribution in [0, 0.1) is 0 Å². The third-order valence-corrected chi connectivity index (χ3v) is 4.20. The van der Waals surface area contributed by atoms with Crippen molar-refractivity contribution in [3.63, 3.8) is 0 Å². The molecule has 0 spiro atoms. The molecule has 1 heterocycles. The molecule has 0 bridgehead atoms. The molecule has 3 rings (SSSR count). The number of carbonyl (C=O) groups is 1. The van der Waals surface area contributed by atoms with Crippen molar-refractivity contribution in [2.24, 2.45) is 0 Å². The van der Waals surface area contributed by atoms with Gasteiger partial charge < -0.3 is 10.8 Å². The molecule has 0 aliphatic heterocycles. The van der Waals surface area contributed by atoms with Gasteiger partial charge in [-0.2, -0.15) is 0 Å². The van der Waals surface area contributed by atoms with Crippen LogP contribution >= 0.6 is 0 Å². The number of aromatic nitrogens is 2. The molecule has 0 radical (unpaired) electrons. The predicted molar refractivity (Wildman–Crippen MR) is 103 cm³/mol. The molecule has 5 heteroatoms. The number of rotatable bonds is 6. The summed E-state index contributed by atoms with van der Waals surface area (Å²) in [5.74, 6) is -0.946. The monoisotopic (exact) mass is 347 g/mol. The summed E-state index contributed by atoms with van der Waals surface area (Å²) in [6.45, 7) is 2.14. The van der Waals surface area contributed by atoms with Crippen LogP contribution in [0.5, 0.6) is 0 Å². The van der Waals surface area contributed by atoms with Crippen LogP contribution in [0.1, 0.15) is 35.8 Å². The van der Waals surface area contributed by atoms with Gasteiger partial charge in [0.05, 0.1) is 22.6 Å². The van der Waals surface area contributed by atoms with Gasteiger partial charge in [-0.15, -0.1) is 0 Å². The average molecular weight is 347 g/mol. The molecule has 3 N–H and O–H groups in total. The Hall–Kier alpha value is -3.21. The summed E-state index contributed by atoms with van der Waals surface area (Å²) < 4.78 is 0. The number of benzene rings is 2. The fraction of sp³-hybridized carbons (Fsp3) is 0.190. The summed E-state index contributed by atoms with van der Waals surface area (Å²) in [6.07, 6.45) is 4.82. The minimum Gasteiger partial charge on any atom is -0.478 e. The molecule has 0 saturated heterocycles. The Morgan fingerprint density at radius 1 is 1.00 bits per heavy atom. The molecule has 0 saturated carbocycles. The number of aromatic carboxylic acids is 1. The fourth-order valence-corrected chi connectivity index (χ4v) is 2.73. The van der Waals surface area contributed by atoms with E-state index in [-0.39, 0.29) is 5.56 Å². The van der Waals surface area contributed by atoms with Crippen molar-refractivity contribution in [2.75, 3.05) is 5.73 Å². The number of unbranched alkanes of at least 4 members (excludes halogenated alkanes) is 1. The third-order valence-electron chi connectivity index (χ3n) is 4.20. The van der Waals surface area contributed by atoms with Crippen LogP contribution in [0.3, 0.4) is 0 Å². The topological polar surface area (TPSA) is 89.1 Å². The quantitative estimate of drug-likeness (QED) is 0.644. The van der Waals surface area contributed by atoms with Crippen LogP contribution in [0.25, 0.3) is 22.5 Å². The zero-order valence-electron chi connectivity index (χ0n) is 14.6. The van der Waals surface area contributed by atoms with Gasteiger partial charge in [0.15, 0.2) is 0 Å². The number of nitrogen functional groups attached to an aromatic ring is 1. The largest absolute Gasteiger partial charge is 0.478 e. The highest BCUT2D eigenvalue weighted by atomic mass is 16.4. The van der Waals surface area contributed by atoms with Crippen molar-refractivity contribution in [3.8, 4) is 22.5 Å². The highest BCUT2D eigenvalue weighted by Crippen LogP contribution is 2.30. The molecule has 26 heavy (non-hydrogen) atoms. The maximum Gasteiger partial charge on any atom is 0.335 e. The summed E-state index contributed by atoms with van der Waals surface area (Å²) in [6, 6.07) is 14.2. The summed E-state index contributed by atoms with van der Waals surface area (Å²) in [4.78, 5) is 20.6. The Morgan fingerprint density at radius 2 is 1.62 bits per heavy atom. The molecule has 1 aromatic heterocycles. The van der Waals surface area contributed by atoms with E-state index < -0.39 is 5.97 Å². The minimum atomic E-state index is -0.946. The van der Waals surface area contributed by atoms with Gasteiger partial charge in [0, 0.05) is 23.0 Å². The lowest BCUT2D eigenvalue weighted by Crippen LogP contribution is -2.00. The first-order valence-electron chi connectivity index (χ1n) is 8.64. The molecule has 2 aromatic carbocycles. The van der Waals surface area contributed by atoms with E-state index in [2.05, 4.69) is 11.9 Å². The predicted octanol–water partition coefficient (Wildman–Crippen LogP) is 4.43. The standard InChI is InChI=1S/C21H21N3O2/c1-2-3-4-18-13-23-19(14-9-11-17(22)12-10-14)20(24-18)15-5-7-16(8-6-15)21(25)26/h5-13H,2-4,22H2,1H3,(H,25,26). The molecule has 0 aliphatic carbocycles. The SMILES string of the molecule is CCCCc1cnc(-c2ccc(N)cc2)c(-c2ccc(C(=O)O)cc2)n1. The van der Waals surface area contributed by atoms with E-state index >= 15 is 0 Å². The molecule has 5 nitrogen and oxygen atoms in total. The average Bonchev–Trinajstić information content (AvgIpc) is 2.67. The second-order valence-electron chi connectivity index (χ2n) is 6.17. The van der Waals surface area contributed by atoms with Gasteiger partial charge >= 0.3 is 5.97 Å². The lowest BCUT2D eigenvalue weighted by molar-refractivity contribution is 0.0697. The molecule has 132 valence electrons. The first-order chi connectivity index (χ1) is 12.6. The summed E-state index contributed by atoms with van der Waals surface area (Å²) in [5.41, 5.74) is 10.9. The van der Waals surface area contributed by atoms with Crippen molar-refractivity contribution in [1.82, 2.24) is 9.97 Å². The summed E-state index contributed by atoms with van der Waals surface area (Å²) >= 11 is 0. The van der Waals surface area contributed by atoms with E-state index in [9.17, 15) is 4.79 Å². The van der Waals surface area contributed by atoms with E-state index in [1.54, 1.807) is 24.3 Å². The number of hydrogen-bond acceptors (Lipinski definition) is 4. The first kappa shape index (κ1) is 17.6. The lowest BCUT2D eigenvalue weighted by Gasteiger charge is -2.11. The Bertz CT molecular complexity index is 904. The van der Waals surface area contributed by atoms with E-state index in [0.29, 0.717) is 5.69 Å². The molecule has 0 atom stereocenters. The normalized spacial score (nSPS) is 10.7. The van der Waals surface area contributed by atoms with Crippen molar-refractivity contribution in [1.29, 1.82) is 0 Å². The first-order valence-corrected chi connectivity index (χ1v) is 8.64. The fourth-order valence-electron chi connectivity index (χ4n) is 2.73. The van der Waals surface area contributed by atoms with E-state index in [0.717, 1.165) is 47.5 Å². The summed E-state index contributed by atoms with van der Waals surface area (Å²) in [5, 5.41) is 9.11. The van der Waals surface area contributed by atoms with Crippen LogP contribution in [-0.4, -0.2) is 21.0 Å². The maximum atomic E-state index is 11.1. The minimum absolute atomic E-state index is 0.248. The molecule has 0 aliphatic rings. The third kappa shape index (κ3) is 3.88. The Morgan fingerprint density at radius 3 is 2.23 bits per heavy atom. The zero-order chi connectivity index (χ0) is 18.5. The number of nitrogens with two attached hydrogens (primary N) is 1. The van der Waals surface area contributed by atoms with Gasteiger partial charge in [0.1, 0.15) is 0 Å². The van der Waals surface area contributed by atoms with Gasteiger partial charge in [-0.3, -0.25) is 4.98 Å². The lowest BCUT2D eigenvalue weighted by atomic mass is 10.0. The Balaban J connectivity index is 2.08. The van der Waals surface area contributed by atoms with Crippen molar-refractivity contribution in [2.45, 2.75) is 26.2 Å². The van der Waals surface area contributed by atoms with Crippen LogP contribution in [0.15, 0.2) is 54.7 Å². The van der Waals surface area contributed by atoms with Crippen molar-refractivity contribution < 1.29 is 9.90 Å². The van der Waals surface area contributed by atoms with Gasteiger partial charge in [-0.05, 0) is 37.1 Å². The molecule has 3 aromatic rings. The number of carboxylic acid groups (broad SMARTS) is 1. The van der Waals surface area contributed by atoms with Crippen molar-refractivity contribution in [3.05, 3.63) is 66.0 Å². The van der Waals surface area contributed by atoms with E-state index in [4.69, 9.17) is 15.8 Å². The number of carboxylic acids is 1. The number of anilines is 1. The van der Waals surface area contributed by atoms with E-state index in [1.807, 2.05) is 30.5 Å². The zero-order valence-corrected chi connectivity index (χ0v) is 14.6. The number of hydrogen-bond donors (Lipinski definition) is 2. The van der Waals surface area contributed by atoms with Gasteiger partial charge in [-0.25, -0.2) is 9.78 Å². The highest BCUT2D eigenvalue weighted by molar-refractivity contribution is 5.88. The highest BCUT2D eigenvalue weighted by Gasteiger charge is 2.13. The second-order valence-corrected chi connectivity index (χ2v) is 6.17. The second kappa shape index (κ2) is 7.78. The van der Waals surface area contributed by atoms with Gasteiger partial charge in [0.2, 0.25) is 0 Å². The van der Waals surface area contributed by atoms with Gasteiger partial charge in [0.25, 0.3) is 0 Å². The Labute approximate surface area is 152 Å².